The number of nitrogens with zero attached hydrogens (tertiary/aromatic N) is 3. The molecule has 2 N–H and O–H groups in total. The molecule has 1 aromatic heterocycles. The Bertz CT molecular complexity index is 538. The molecule has 0 aliphatic carbocycles. The van der Waals surface area contributed by atoms with Gasteiger partial charge in [0, 0.05) is 6.07 Å². The quantitative estimate of drug-likeness (QED) is 0.622. The van der Waals surface area contributed by atoms with Crippen molar-refractivity contribution in [3.05, 3.63) is 33.1 Å². The average Bonchev–Trinajstić information content (AvgIpc) is 2.26. The van der Waals surface area contributed by atoms with E-state index in [9.17, 15) is 23.7 Å². The van der Waals surface area contributed by atoms with Crippen molar-refractivity contribution in [3.63, 3.8) is 0 Å². The first-order valence-electron chi connectivity index (χ1n) is 4.05. The van der Waals surface area contributed by atoms with Crippen molar-refractivity contribution in [2.24, 2.45) is 5.73 Å². The Morgan fingerprint density at radius 2 is 2.24 bits per heavy atom. The minimum atomic E-state index is -3.25. The molecule has 0 saturated carbocycles. The predicted octanol–water partition coefficient (Wildman–Crippen LogP) is 0.898. The number of carbonyl (C=O) groups excluding carboxylic acids is 1. The predicted molar refractivity (Wildman–Crippen MR) is 49.1 cm³/mol. The van der Waals surface area contributed by atoms with Gasteiger partial charge in [0.2, 0.25) is 0 Å². The van der Waals surface area contributed by atoms with Crippen molar-refractivity contribution >= 4 is 11.6 Å². The van der Waals surface area contributed by atoms with E-state index in [1.807, 2.05) is 0 Å². The topological polar surface area (TPSA) is 123 Å². The smallest absolute Gasteiger partial charge is 0.283 e. The third-order valence-electron chi connectivity index (χ3n) is 1.81. The number of nitriles is 1. The molecule has 7 nitrogen and oxygen atoms in total. The summed E-state index contributed by atoms with van der Waals surface area (Å²) < 4.78 is 25.1. The highest BCUT2D eigenvalue weighted by Gasteiger charge is 2.29. The standard InChI is InChI=1S/C8H4F2N4O3/c9-7(10)6-4(2-11)13-3(8(12)15)1-5(6)14(16)17/h1,7H,(H2,12,15). The van der Waals surface area contributed by atoms with Gasteiger partial charge in [0.05, 0.1) is 4.92 Å². The van der Waals surface area contributed by atoms with E-state index < -0.39 is 39.9 Å². The fraction of sp³-hybridized carbons (Fsp3) is 0.125. The molecule has 1 heterocycles. The number of halogens is 2. The van der Waals surface area contributed by atoms with Gasteiger partial charge in [0.1, 0.15) is 17.3 Å². The maximum atomic E-state index is 12.6. The van der Waals surface area contributed by atoms with E-state index in [1.165, 1.54) is 6.07 Å². The first-order valence-corrected chi connectivity index (χ1v) is 4.05. The number of aromatic nitrogens is 1. The van der Waals surface area contributed by atoms with Gasteiger partial charge in [-0.2, -0.15) is 5.26 Å². The molecule has 0 aromatic carbocycles. The monoisotopic (exact) mass is 242 g/mol. The van der Waals surface area contributed by atoms with E-state index >= 15 is 0 Å². The molecule has 17 heavy (non-hydrogen) atoms. The average molecular weight is 242 g/mol. The van der Waals surface area contributed by atoms with Crippen molar-refractivity contribution in [1.82, 2.24) is 4.98 Å². The maximum absolute atomic E-state index is 12.6. The van der Waals surface area contributed by atoms with Crippen molar-refractivity contribution in [2.45, 2.75) is 6.43 Å². The van der Waals surface area contributed by atoms with Crippen LogP contribution in [0.3, 0.4) is 0 Å². The molecule has 0 spiro atoms. The lowest BCUT2D eigenvalue weighted by molar-refractivity contribution is -0.386. The Balaban J connectivity index is 3.65. The first kappa shape index (κ1) is 12.4. The van der Waals surface area contributed by atoms with Crippen LogP contribution in [0.4, 0.5) is 14.5 Å². The molecule has 9 heteroatoms. The largest absolute Gasteiger partial charge is 0.364 e. The van der Waals surface area contributed by atoms with Gasteiger partial charge in [-0.3, -0.25) is 14.9 Å². The van der Waals surface area contributed by atoms with Crippen LogP contribution < -0.4 is 5.73 Å². The molecule has 0 unspecified atom stereocenters. The molecule has 1 rings (SSSR count). The van der Waals surface area contributed by atoms with Gasteiger partial charge in [-0.15, -0.1) is 0 Å². The Morgan fingerprint density at radius 3 is 2.59 bits per heavy atom. The molecule has 0 atom stereocenters. The second-order valence-corrected chi connectivity index (χ2v) is 2.82. The summed E-state index contributed by atoms with van der Waals surface area (Å²) in [6.45, 7) is 0. The molecular formula is C8H4F2N4O3. The molecular weight excluding hydrogens is 238 g/mol. The summed E-state index contributed by atoms with van der Waals surface area (Å²) >= 11 is 0. The van der Waals surface area contributed by atoms with E-state index in [2.05, 4.69) is 4.98 Å². The second kappa shape index (κ2) is 4.48. The summed E-state index contributed by atoms with van der Waals surface area (Å²) in [6.07, 6.45) is -3.25. The summed E-state index contributed by atoms with van der Waals surface area (Å²) in [5.41, 5.74) is 1.13. The lowest BCUT2D eigenvalue weighted by Gasteiger charge is -2.04. The van der Waals surface area contributed by atoms with E-state index in [4.69, 9.17) is 11.0 Å². The summed E-state index contributed by atoms with van der Waals surface area (Å²) in [4.78, 5) is 23.4. The zero-order valence-electron chi connectivity index (χ0n) is 8.05. The molecule has 1 amide bonds. The van der Waals surface area contributed by atoms with Crippen LogP contribution in [0.1, 0.15) is 28.2 Å². The zero-order valence-corrected chi connectivity index (χ0v) is 8.05. The number of pyridine rings is 1. The highest BCUT2D eigenvalue weighted by atomic mass is 19.3. The van der Waals surface area contributed by atoms with Crippen molar-refractivity contribution in [1.29, 1.82) is 5.26 Å². The summed E-state index contributed by atoms with van der Waals surface area (Å²) in [5.74, 6) is -1.15. The molecule has 0 radical (unpaired) electrons. The third-order valence-corrected chi connectivity index (χ3v) is 1.81. The molecule has 1 aromatic rings. The number of nitrogens with two attached hydrogens (primary N) is 1. The zero-order chi connectivity index (χ0) is 13.2. The lowest BCUT2D eigenvalue weighted by atomic mass is 10.1. The SMILES string of the molecule is N#Cc1nc(C(N)=O)cc([N+](=O)[O-])c1C(F)F. The Labute approximate surface area is 92.6 Å². The minimum Gasteiger partial charge on any atom is -0.364 e. The fourth-order valence-corrected chi connectivity index (χ4v) is 1.12. The maximum Gasteiger partial charge on any atom is 0.283 e. The van der Waals surface area contributed by atoms with Gasteiger partial charge < -0.3 is 5.73 Å². The molecule has 88 valence electrons. The Kier molecular flexibility index (Phi) is 3.28. The summed E-state index contributed by atoms with van der Waals surface area (Å²) in [6, 6.07) is 1.78. The highest BCUT2D eigenvalue weighted by molar-refractivity contribution is 5.91. The number of alkyl halides is 2. The van der Waals surface area contributed by atoms with Crippen LogP contribution in [-0.4, -0.2) is 15.8 Å². The van der Waals surface area contributed by atoms with Crippen LogP contribution in [0, 0.1) is 21.4 Å². The number of hydrogen-bond donors (Lipinski definition) is 1. The first-order chi connectivity index (χ1) is 7.88. The third kappa shape index (κ3) is 2.31. The van der Waals surface area contributed by atoms with E-state index in [1.54, 1.807) is 0 Å². The Morgan fingerprint density at radius 1 is 1.65 bits per heavy atom. The van der Waals surface area contributed by atoms with Gasteiger partial charge in [-0.05, 0) is 0 Å². The van der Waals surface area contributed by atoms with E-state index in [0.717, 1.165) is 0 Å². The minimum absolute atomic E-state index is 0.519. The van der Waals surface area contributed by atoms with Crippen molar-refractivity contribution in [3.8, 4) is 6.07 Å². The van der Waals surface area contributed by atoms with Crippen LogP contribution >= 0.6 is 0 Å². The lowest BCUT2D eigenvalue weighted by Crippen LogP contribution is -2.15. The van der Waals surface area contributed by atoms with E-state index in [0.29, 0.717) is 6.07 Å². The number of rotatable bonds is 3. The molecule has 0 aliphatic rings. The molecule has 0 aliphatic heterocycles. The van der Waals surface area contributed by atoms with Crippen LogP contribution in [0.5, 0.6) is 0 Å². The van der Waals surface area contributed by atoms with Crippen molar-refractivity contribution < 1.29 is 18.5 Å². The normalized spacial score (nSPS) is 10.0. The van der Waals surface area contributed by atoms with Gasteiger partial charge in [-0.25, -0.2) is 13.8 Å². The van der Waals surface area contributed by atoms with Gasteiger partial charge >= 0.3 is 0 Å². The molecule has 0 fully saturated rings. The highest BCUT2D eigenvalue weighted by Crippen LogP contribution is 2.31. The number of amides is 1. The summed E-state index contributed by atoms with van der Waals surface area (Å²) in [7, 11) is 0. The van der Waals surface area contributed by atoms with Gasteiger partial charge in [-0.1, -0.05) is 0 Å². The number of nitro groups is 1. The number of primary amides is 1. The van der Waals surface area contributed by atoms with Crippen LogP contribution in [0.2, 0.25) is 0 Å². The number of hydrogen-bond acceptors (Lipinski definition) is 5. The molecule has 0 saturated heterocycles. The molecule has 0 bridgehead atoms. The van der Waals surface area contributed by atoms with Gasteiger partial charge in [0.15, 0.2) is 5.69 Å². The fourth-order valence-electron chi connectivity index (χ4n) is 1.12. The van der Waals surface area contributed by atoms with Crippen LogP contribution in [-0.2, 0) is 0 Å². The number of carbonyl (C=O) groups is 1. The Hall–Kier alpha value is -2.63. The van der Waals surface area contributed by atoms with Crippen LogP contribution in [0.15, 0.2) is 6.07 Å². The summed E-state index contributed by atoms with van der Waals surface area (Å²) in [5, 5.41) is 19.1. The van der Waals surface area contributed by atoms with E-state index in [-0.39, 0.29) is 0 Å². The van der Waals surface area contributed by atoms with Gasteiger partial charge in [0.25, 0.3) is 18.0 Å². The second-order valence-electron chi connectivity index (χ2n) is 2.82. The van der Waals surface area contributed by atoms with Crippen LogP contribution in [0.25, 0.3) is 0 Å². The van der Waals surface area contributed by atoms with Crippen molar-refractivity contribution in [2.75, 3.05) is 0 Å².